The minimum Gasteiger partial charge on any atom is -0.381 e. The van der Waals surface area contributed by atoms with E-state index in [-0.39, 0.29) is 11.8 Å². The van der Waals surface area contributed by atoms with Crippen molar-refractivity contribution >= 4 is 5.91 Å². The smallest absolute Gasteiger partial charge is 0.221 e. The summed E-state index contributed by atoms with van der Waals surface area (Å²) in [5, 5.41) is 12.3. The molecule has 0 radical (unpaired) electrons. The number of nitrogens with one attached hydrogen (secondary N) is 1. The summed E-state index contributed by atoms with van der Waals surface area (Å²) >= 11 is 0. The molecule has 0 saturated carbocycles. The topological polar surface area (TPSA) is 62.1 Å². The Hall–Kier alpha value is -1.86. The molecule has 4 nitrogen and oxygen atoms in total. The summed E-state index contributed by atoms with van der Waals surface area (Å²) in [4.78, 5) is 12.3. The van der Waals surface area contributed by atoms with Crippen LogP contribution in [-0.4, -0.2) is 24.7 Å². The standard InChI is InChI=1S/C17H22N2O2/c1-2-14(15-6-4-3-5-7-15)12-16(20)19-17(13-18)8-10-21-11-9-17/h3-7,14H,2,8-12H2,1H3,(H,19,20). The van der Waals surface area contributed by atoms with Crippen LogP contribution in [-0.2, 0) is 9.53 Å². The van der Waals surface area contributed by atoms with E-state index in [1.54, 1.807) is 0 Å². The molecule has 1 heterocycles. The minimum absolute atomic E-state index is 0.0471. The molecule has 0 spiro atoms. The number of carbonyl (C=O) groups excluding carboxylic acids is 1. The Bertz CT molecular complexity index is 501. The number of nitrogens with zero attached hydrogens (tertiary/aromatic N) is 1. The number of carbonyl (C=O) groups is 1. The first-order chi connectivity index (χ1) is 10.2. The lowest BCUT2D eigenvalue weighted by atomic mass is 9.89. The second kappa shape index (κ2) is 7.24. The summed E-state index contributed by atoms with van der Waals surface area (Å²) in [5.41, 5.74) is 0.428. The summed E-state index contributed by atoms with van der Waals surface area (Å²) in [6.45, 7) is 3.15. The first kappa shape index (κ1) is 15.5. The Kier molecular flexibility index (Phi) is 5.35. The van der Waals surface area contributed by atoms with Crippen molar-refractivity contribution in [3.8, 4) is 6.07 Å². The van der Waals surface area contributed by atoms with Crippen LogP contribution in [0.25, 0.3) is 0 Å². The summed E-state index contributed by atoms with van der Waals surface area (Å²) in [6, 6.07) is 12.3. The van der Waals surface area contributed by atoms with E-state index in [4.69, 9.17) is 4.74 Å². The molecule has 1 aliphatic heterocycles. The number of hydrogen-bond acceptors (Lipinski definition) is 3. The van der Waals surface area contributed by atoms with Crippen LogP contribution in [0.4, 0.5) is 0 Å². The number of hydrogen-bond donors (Lipinski definition) is 1. The van der Waals surface area contributed by atoms with Crippen LogP contribution in [0.3, 0.4) is 0 Å². The number of benzene rings is 1. The second-order valence-electron chi connectivity index (χ2n) is 5.57. The van der Waals surface area contributed by atoms with Gasteiger partial charge in [-0.1, -0.05) is 37.3 Å². The third kappa shape index (κ3) is 4.05. The van der Waals surface area contributed by atoms with Crippen LogP contribution in [0.1, 0.15) is 44.1 Å². The Morgan fingerprint density at radius 2 is 2.05 bits per heavy atom. The van der Waals surface area contributed by atoms with Crippen LogP contribution < -0.4 is 5.32 Å². The Morgan fingerprint density at radius 1 is 1.38 bits per heavy atom. The minimum atomic E-state index is -0.746. The van der Waals surface area contributed by atoms with E-state index < -0.39 is 5.54 Å². The Balaban J connectivity index is 1.98. The van der Waals surface area contributed by atoms with Gasteiger partial charge in [-0.05, 0) is 17.9 Å². The van der Waals surface area contributed by atoms with Crippen molar-refractivity contribution in [2.24, 2.45) is 0 Å². The largest absolute Gasteiger partial charge is 0.381 e. The molecule has 1 amide bonds. The highest BCUT2D eigenvalue weighted by atomic mass is 16.5. The van der Waals surface area contributed by atoms with E-state index in [0.29, 0.717) is 32.5 Å². The zero-order chi connectivity index (χ0) is 15.1. The fourth-order valence-corrected chi connectivity index (χ4v) is 2.75. The van der Waals surface area contributed by atoms with E-state index in [9.17, 15) is 10.1 Å². The molecule has 2 rings (SSSR count). The average molecular weight is 286 g/mol. The highest BCUT2D eigenvalue weighted by Crippen LogP contribution is 2.25. The van der Waals surface area contributed by atoms with E-state index in [0.717, 1.165) is 6.42 Å². The lowest BCUT2D eigenvalue weighted by Gasteiger charge is -2.32. The Morgan fingerprint density at radius 3 is 2.62 bits per heavy atom. The van der Waals surface area contributed by atoms with E-state index in [2.05, 4.69) is 30.4 Å². The van der Waals surface area contributed by atoms with Gasteiger partial charge in [0.2, 0.25) is 5.91 Å². The van der Waals surface area contributed by atoms with Crippen molar-refractivity contribution in [3.05, 3.63) is 35.9 Å². The normalized spacial score (nSPS) is 18.5. The van der Waals surface area contributed by atoms with Crippen molar-refractivity contribution in [3.63, 3.8) is 0 Å². The molecule has 1 aliphatic rings. The predicted molar refractivity (Wildman–Crippen MR) is 80.6 cm³/mol. The zero-order valence-corrected chi connectivity index (χ0v) is 12.5. The van der Waals surface area contributed by atoms with Gasteiger partial charge in [-0.25, -0.2) is 0 Å². The molecule has 0 bridgehead atoms. The monoisotopic (exact) mass is 286 g/mol. The number of rotatable bonds is 5. The number of nitriles is 1. The van der Waals surface area contributed by atoms with Crippen molar-refractivity contribution < 1.29 is 9.53 Å². The van der Waals surface area contributed by atoms with E-state index >= 15 is 0 Å². The van der Waals surface area contributed by atoms with Crippen LogP contribution in [0.2, 0.25) is 0 Å². The number of ether oxygens (including phenoxy) is 1. The van der Waals surface area contributed by atoms with Crippen molar-refractivity contribution in [1.82, 2.24) is 5.32 Å². The van der Waals surface area contributed by atoms with Gasteiger partial charge in [0.1, 0.15) is 5.54 Å². The third-order valence-electron chi connectivity index (χ3n) is 4.13. The molecule has 1 atom stereocenters. The highest BCUT2D eigenvalue weighted by molar-refractivity contribution is 5.78. The SMILES string of the molecule is CCC(CC(=O)NC1(C#N)CCOCC1)c1ccccc1. The summed E-state index contributed by atoms with van der Waals surface area (Å²) < 4.78 is 5.28. The van der Waals surface area contributed by atoms with Gasteiger partial charge in [-0.2, -0.15) is 5.26 Å². The van der Waals surface area contributed by atoms with E-state index in [1.807, 2.05) is 18.2 Å². The van der Waals surface area contributed by atoms with Crippen LogP contribution in [0, 0.1) is 11.3 Å². The van der Waals surface area contributed by atoms with Crippen LogP contribution in [0.15, 0.2) is 30.3 Å². The molecule has 4 heteroatoms. The maximum Gasteiger partial charge on any atom is 0.221 e. The predicted octanol–water partition coefficient (Wildman–Crippen LogP) is 2.76. The van der Waals surface area contributed by atoms with Gasteiger partial charge in [0, 0.05) is 32.5 Å². The quantitative estimate of drug-likeness (QED) is 0.905. The summed E-state index contributed by atoms with van der Waals surface area (Å²) in [5.74, 6) is 0.149. The van der Waals surface area contributed by atoms with Crippen LogP contribution >= 0.6 is 0 Å². The van der Waals surface area contributed by atoms with Crippen molar-refractivity contribution in [2.45, 2.75) is 44.1 Å². The van der Waals surface area contributed by atoms with E-state index in [1.165, 1.54) is 5.56 Å². The molecule has 112 valence electrons. The van der Waals surface area contributed by atoms with Gasteiger partial charge in [0.25, 0.3) is 0 Å². The van der Waals surface area contributed by atoms with Gasteiger partial charge in [-0.15, -0.1) is 0 Å². The molecule has 1 unspecified atom stereocenters. The van der Waals surface area contributed by atoms with Gasteiger partial charge in [0.15, 0.2) is 0 Å². The lowest BCUT2D eigenvalue weighted by molar-refractivity contribution is -0.123. The molecule has 1 saturated heterocycles. The number of amides is 1. The molecule has 1 N–H and O–H groups in total. The highest BCUT2D eigenvalue weighted by Gasteiger charge is 2.34. The van der Waals surface area contributed by atoms with Gasteiger partial charge < -0.3 is 10.1 Å². The molecule has 1 aromatic rings. The van der Waals surface area contributed by atoms with Gasteiger partial charge >= 0.3 is 0 Å². The molecule has 21 heavy (non-hydrogen) atoms. The molecular formula is C17H22N2O2. The van der Waals surface area contributed by atoms with Crippen molar-refractivity contribution in [2.75, 3.05) is 13.2 Å². The third-order valence-corrected chi connectivity index (χ3v) is 4.13. The maximum atomic E-state index is 12.3. The first-order valence-corrected chi connectivity index (χ1v) is 7.54. The summed E-state index contributed by atoms with van der Waals surface area (Å²) in [6.07, 6.45) is 2.46. The molecule has 0 aliphatic carbocycles. The van der Waals surface area contributed by atoms with Crippen molar-refractivity contribution in [1.29, 1.82) is 5.26 Å². The summed E-state index contributed by atoms with van der Waals surface area (Å²) in [7, 11) is 0. The average Bonchev–Trinajstić information content (AvgIpc) is 2.54. The first-order valence-electron chi connectivity index (χ1n) is 7.54. The second-order valence-corrected chi connectivity index (χ2v) is 5.57. The molecule has 1 fully saturated rings. The Labute approximate surface area is 126 Å². The fraction of sp³-hybridized carbons (Fsp3) is 0.529. The zero-order valence-electron chi connectivity index (χ0n) is 12.5. The molecule has 0 aromatic heterocycles. The molecular weight excluding hydrogens is 264 g/mol. The lowest BCUT2D eigenvalue weighted by Crippen LogP contribution is -2.51. The maximum absolute atomic E-state index is 12.3. The van der Waals surface area contributed by atoms with Crippen LogP contribution in [0.5, 0.6) is 0 Å². The fourth-order valence-electron chi connectivity index (χ4n) is 2.75. The van der Waals surface area contributed by atoms with Gasteiger partial charge in [0.05, 0.1) is 6.07 Å². The molecule has 1 aromatic carbocycles. The van der Waals surface area contributed by atoms with Gasteiger partial charge in [-0.3, -0.25) is 4.79 Å².